The lowest BCUT2D eigenvalue weighted by atomic mass is 10.1. The van der Waals surface area contributed by atoms with Crippen molar-refractivity contribution in [1.82, 2.24) is 5.32 Å². The van der Waals surface area contributed by atoms with Crippen molar-refractivity contribution >= 4 is 11.6 Å². The molecule has 16 heavy (non-hydrogen) atoms. The lowest BCUT2D eigenvalue weighted by molar-refractivity contribution is 0.209. The van der Waals surface area contributed by atoms with Crippen LogP contribution in [0, 0.1) is 11.7 Å². The Hall–Kier alpha value is -0.640. The van der Waals surface area contributed by atoms with Crippen LogP contribution in [0.5, 0.6) is 0 Å². The number of rotatable bonds is 5. The summed E-state index contributed by atoms with van der Waals surface area (Å²) in [7, 11) is 0. The van der Waals surface area contributed by atoms with Gasteiger partial charge in [-0.25, -0.2) is 4.39 Å². The molecule has 1 aromatic carbocycles. The minimum atomic E-state index is -0.280. The topological polar surface area (TPSA) is 32.3 Å². The highest BCUT2D eigenvalue weighted by Gasteiger charge is 2.12. The largest absolute Gasteiger partial charge is 0.395 e. The van der Waals surface area contributed by atoms with Gasteiger partial charge in [0.15, 0.2) is 0 Å². The molecule has 0 radical (unpaired) electrons. The third kappa shape index (κ3) is 3.74. The number of nitrogens with one attached hydrogen (secondary N) is 1. The molecule has 1 aromatic rings. The van der Waals surface area contributed by atoms with Crippen LogP contribution in [0.3, 0.4) is 0 Å². The predicted molar refractivity (Wildman–Crippen MR) is 64.0 cm³/mol. The zero-order chi connectivity index (χ0) is 12.1. The minimum absolute atomic E-state index is 0.0293. The Labute approximate surface area is 100 Å². The summed E-state index contributed by atoms with van der Waals surface area (Å²) in [6, 6.07) is 4.44. The molecule has 0 bridgehead atoms. The van der Waals surface area contributed by atoms with Gasteiger partial charge in [-0.2, -0.15) is 0 Å². The van der Waals surface area contributed by atoms with Crippen molar-refractivity contribution < 1.29 is 9.50 Å². The van der Waals surface area contributed by atoms with Crippen molar-refractivity contribution in [1.29, 1.82) is 0 Å². The molecule has 2 N–H and O–H groups in total. The van der Waals surface area contributed by atoms with Gasteiger partial charge in [0.05, 0.1) is 6.61 Å². The molecule has 0 amide bonds. The normalized spacial score (nSPS) is 13.1. The monoisotopic (exact) mass is 245 g/mol. The first-order valence-corrected chi connectivity index (χ1v) is 5.70. The van der Waals surface area contributed by atoms with Crippen molar-refractivity contribution in [3.8, 4) is 0 Å². The first kappa shape index (κ1) is 13.4. The zero-order valence-electron chi connectivity index (χ0n) is 9.50. The van der Waals surface area contributed by atoms with Crippen LogP contribution < -0.4 is 5.32 Å². The molecule has 0 unspecified atom stereocenters. The molecule has 0 saturated heterocycles. The van der Waals surface area contributed by atoms with Crippen LogP contribution in [0.15, 0.2) is 18.2 Å². The molecule has 2 nitrogen and oxygen atoms in total. The molecule has 90 valence electrons. The predicted octanol–water partition coefficient (Wildman–Crippen LogP) is 2.59. The fourth-order valence-corrected chi connectivity index (χ4v) is 1.63. The molecule has 1 rings (SSSR count). The van der Waals surface area contributed by atoms with E-state index >= 15 is 0 Å². The van der Waals surface area contributed by atoms with Gasteiger partial charge in [0.25, 0.3) is 0 Å². The lowest BCUT2D eigenvalue weighted by Gasteiger charge is -2.20. The number of aliphatic hydroxyl groups is 1. The second kappa shape index (κ2) is 6.18. The summed E-state index contributed by atoms with van der Waals surface area (Å²) in [6.07, 6.45) is 0. The fourth-order valence-electron chi connectivity index (χ4n) is 1.43. The van der Waals surface area contributed by atoms with Crippen molar-refractivity contribution in [2.24, 2.45) is 5.92 Å². The van der Waals surface area contributed by atoms with Crippen LogP contribution in [-0.4, -0.2) is 17.8 Å². The molecule has 4 heteroatoms. The molecule has 1 atom stereocenters. The number of hydrogen-bond donors (Lipinski definition) is 2. The van der Waals surface area contributed by atoms with Crippen LogP contribution >= 0.6 is 11.6 Å². The van der Waals surface area contributed by atoms with Gasteiger partial charge >= 0.3 is 0 Å². The Morgan fingerprint density at radius 3 is 2.69 bits per heavy atom. The van der Waals surface area contributed by atoms with E-state index in [1.54, 1.807) is 6.07 Å². The van der Waals surface area contributed by atoms with Gasteiger partial charge in [-0.15, -0.1) is 0 Å². The molecule has 0 aromatic heterocycles. The molecule has 0 aliphatic heterocycles. The molecule has 0 aliphatic rings. The number of hydrogen-bond acceptors (Lipinski definition) is 2. The van der Waals surface area contributed by atoms with Gasteiger partial charge in [-0.3, -0.25) is 0 Å². The van der Waals surface area contributed by atoms with Crippen LogP contribution in [0.4, 0.5) is 4.39 Å². The molecular weight excluding hydrogens is 229 g/mol. The van der Waals surface area contributed by atoms with E-state index in [2.05, 4.69) is 5.32 Å². The van der Waals surface area contributed by atoms with E-state index in [0.29, 0.717) is 23.0 Å². The summed E-state index contributed by atoms with van der Waals surface area (Å²) in [5.74, 6) is 0.0181. The van der Waals surface area contributed by atoms with Crippen molar-refractivity contribution in [2.45, 2.75) is 26.4 Å². The maximum absolute atomic E-state index is 13.4. The number of benzene rings is 1. The van der Waals surface area contributed by atoms with E-state index in [-0.39, 0.29) is 18.5 Å². The number of halogens is 2. The highest BCUT2D eigenvalue weighted by atomic mass is 35.5. The van der Waals surface area contributed by atoms with E-state index in [1.165, 1.54) is 12.1 Å². The van der Waals surface area contributed by atoms with Gasteiger partial charge in [0.2, 0.25) is 0 Å². The van der Waals surface area contributed by atoms with Crippen LogP contribution in [-0.2, 0) is 6.54 Å². The van der Waals surface area contributed by atoms with E-state index in [4.69, 9.17) is 16.7 Å². The molecular formula is C12H17ClFNO. The maximum atomic E-state index is 13.4. The third-order valence-electron chi connectivity index (χ3n) is 2.56. The van der Waals surface area contributed by atoms with Gasteiger partial charge < -0.3 is 10.4 Å². The molecule has 0 spiro atoms. The molecule has 0 aliphatic carbocycles. The highest BCUT2D eigenvalue weighted by molar-refractivity contribution is 6.30. The van der Waals surface area contributed by atoms with Crippen LogP contribution in [0.25, 0.3) is 0 Å². The zero-order valence-corrected chi connectivity index (χ0v) is 10.3. The fraction of sp³-hybridized carbons (Fsp3) is 0.500. The first-order chi connectivity index (χ1) is 7.54. The Kier molecular flexibility index (Phi) is 5.19. The summed E-state index contributed by atoms with van der Waals surface area (Å²) in [5.41, 5.74) is 0.520. The quantitative estimate of drug-likeness (QED) is 0.836. The van der Waals surface area contributed by atoms with E-state index in [0.717, 1.165) is 0 Å². The van der Waals surface area contributed by atoms with Gasteiger partial charge in [0.1, 0.15) is 5.82 Å². The van der Waals surface area contributed by atoms with E-state index in [9.17, 15) is 4.39 Å². The highest BCUT2D eigenvalue weighted by Crippen LogP contribution is 2.15. The van der Waals surface area contributed by atoms with Gasteiger partial charge in [-0.1, -0.05) is 25.4 Å². The Bertz CT molecular complexity index is 344. The Morgan fingerprint density at radius 1 is 1.44 bits per heavy atom. The minimum Gasteiger partial charge on any atom is -0.395 e. The van der Waals surface area contributed by atoms with Crippen molar-refractivity contribution in [2.75, 3.05) is 6.61 Å². The average molecular weight is 246 g/mol. The summed E-state index contributed by atoms with van der Waals surface area (Å²) in [5, 5.41) is 12.7. The molecule has 0 saturated carbocycles. The Balaban J connectivity index is 2.63. The van der Waals surface area contributed by atoms with Crippen molar-refractivity contribution in [3.63, 3.8) is 0 Å². The second-order valence-corrected chi connectivity index (χ2v) is 4.59. The third-order valence-corrected chi connectivity index (χ3v) is 2.80. The molecule has 0 heterocycles. The van der Waals surface area contributed by atoms with Crippen LogP contribution in [0.2, 0.25) is 5.02 Å². The van der Waals surface area contributed by atoms with E-state index in [1.807, 2.05) is 13.8 Å². The summed E-state index contributed by atoms with van der Waals surface area (Å²) >= 11 is 5.78. The summed E-state index contributed by atoms with van der Waals surface area (Å²) in [6.45, 7) is 4.42. The van der Waals surface area contributed by atoms with E-state index < -0.39 is 0 Å². The SMILES string of the molecule is CC(C)[C@@H](CO)NCc1cc(Cl)ccc1F. The van der Waals surface area contributed by atoms with Gasteiger partial charge in [0, 0.05) is 23.2 Å². The summed E-state index contributed by atoms with van der Waals surface area (Å²) in [4.78, 5) is 0. The first-order valence-electron chi connectivity index (χ1n) is 5.32. The number of aliphatic hydroxyl groups excluding tert-OH is 1. The molecule has 0 fully saturated rings. The lowest BCUT2D eigenvalue weighted by Crippen LogP contribution is -2.36. The summed E-state index contributed by atoms with van der Waals surface area (Å²) < 4.78 is 13.4. The maximum Gasteiger partial charge on any atom is 0.127 e. The standard InChI is InChI=1S/C12H17ClFNO/c1-8(2)12(7-16)15-6-9-5-10(13)3-4-11(9)14/h3-5,8,12,15-16H,6-7H2,1-2H3/t12-/m1/s1. The second-order valence-electron chi connectivity index (χ2n) is 4.15. The van der Waals surface area contributed by atoms with Crippen LogP contribution in [0.1, 0.15) is 19.4 Å². The Morgan fingerprint density at radius 2 is 2.12 bits per heavy atom. The smallest absolute Gasteiger partial charge is 0.127 e. The van der Waals surface area contributed by atoms with Crippen molar-refractivity contribution in [3.05, 3.63) is 34.6 Å². The van der Waals surface area contributed by atoms with Gasteiger partial charge in [-0.05, 0) is 24.1 Å². The average Bonchev–Trinajstić information content (AvgIpc) is 2.23.